The highest BCUT2D eigenvalue weighted by Gasteiger charge is 2.00. The normalized spacial score (nSPS) is 9.92. The second kappa shape index (κ2) is 3.31. The summed E-state index contributed by atoms with van der Waals surface area (Å²) < 4.78 is 10.2. The first-order valence-electron chi connectivity index (χ1n) is 3.94. The maximum absolute atomic E-state index is 5.19. The van der Waals surface area contributed by atoms with Gasteiger partial charge in [-0.15, -0.1) is 0 Å². The minimum atomic E-state index is 0.746. The Morgan fingerprint density at radius 3 is 2.77 bits per heavy atom. The SMILES string of the molecule is COc1ccc(-c2ccco2)nc1. The topological polar surface area (TPSA) is 35.3 Å². The number of ether oxygens (including phenoxy) is 1. The number of aromatic nitrogens is 1. The van der Waals surface area contributed by atoms with E-state index in [2.05, 4.69) is 4.98 Å². The Kier molecular flexibility index (Phi) is 2.00. The molecule has 0 aliphatic heterocycles. The van der Waals surface area contributed by atoms with Gasteiger partial charge in [0, 0.05) is 0 Å². The molecule has 0 atom stereocenters. The fourth-order valence-corrected chi connectivity index (χ4v) is 1.07. The molecule has 0 radical (unpaired) electrons. The van der Waals surface area contributed by atoms with E-state index in [4.69, 9.17) is 9.15 Å². The van der Waals surface area contributed by atoms with Gasteiger partial charge in [-0.25, -0.2) is 4.98 Å². The van der Waals surface area contributed by atoms with E-state index in [-0.39, 0.29) is 0 Å². The quantitative estimate of drug-likeness (QED) is 0.702. The Morgan fingerprint density at radius 2 is 2.23 bits per heavy atom. The first-order valence-corrected chi connectivity index (χ1v) is 3.94. The third-order valence-corrected chi connectivity index (χ3v) is 1.75. The summed E-state index contributed by atoms with van der Waals surface area (Å²) in [6.45, 7) is 0. The number of hydrogen-bond acceptors (Lipinski definition) is 3. The van der Waals surface area contributed by atoms with Crippen molar-refractivity contribution in [1.82, 2.24) is 4.98 Å². The summed E-state index contributed by atoms with van der Waals surface area (Å²) in [6.07, 6.45) is 3.29. The molecular weight excluding hydrogens is 166 g/mol. The van der Waals surface area contributed by atoms with Gasteiger partial charge in [-0.1, -0.05) is 0 Å². The van der Waals surface area contributed by atoms with E-state index in [0.29, 0.717) is 0 Å². The first-order chi connectivity index (χ1) is 6.40. The minimum absolute atomic E-state index is 0.746. The van der Waals surface area contributed by atoms with E-state index in [1.54, 1.807) is 19.6 Å². The van der Waals surface area contributed by atoms with Crippen LogP contribution < -0.4 is 4.74 Å². The van der Waals surface area contributed by atoms with E-state index < -0.39 is 0 Å². The molecule has 2 aromatic rings. The Balaban J connectivity index is 2.33. The van der Waals surface area contributed by atoms with Crippen LogP contribution in [0.1, 0.15) is 0 Å². The van der Waals surface area contributed by atoms with Crippen LogP contribution in [-0.2, 0) is 0 Å². The summed E-state index contributed by atoms with van der Waals surface area (Å²) in [5.41, 5.74) is 0.811. The number of hydrogen-bond donors (Lipinski definition) is 0. The van der Waals surface area contributed by atoms with Gasteiger partial charge in [0.2, 0.25) is 0 Å². The molecule has 0 saturated carbocycles. The molecular formula is C10H9NO2. The molecule has 3 nitrogen and oxygen atoms in total. The third-order valence-electron chi connectivity index (χ3n) is 1.75. The van der Waals surface area contributed by atoms with Crippen molar-refractivity contribution in [1.29, 1.82) is 0 Å². The predicted molar refractivity (Wildman–Crippen MR) is 48.5 cm³/mol. The molecule has 13 heavy (non-hydrogen) atoms. The molecule has 0 bridgehead atoms. The zero-order valence-electron chi connectivity index (χ0n) is 7.23. The van der Waals surface area contributed by atoms with Gasteiger partial charge in [-0.05, 0) is 24.3 Å². The molecule has 0 aromatic carbocycles. The zero-order valence-corrected chi connectivity index (χ0v) is 7.23. The lowest BCUT2D eigenvalue weighted by atomic mass is 10.3. The van der Waals surface area contributed by atoms with Crippen LogP contribution in [0.25, 0.3) is 11.5 Å². The maximum Gasteiger partial charge on any atom is 0.152 e. The van der Waals surface area contributed by atoms with Crippen molar-refractivity contribution in [2.24, 2.45) is 0 Å². The third kappa shape index (κ3) is 1.54. The number of pyridine rings is 1. The van der Waals surface area contributed by atoms with Gasteiger partial charge < -0.3 is 9.15 Å². The van der Waals surface area contributed by atoms with Crippen molar-refractivity contribution in [2.45, 2.75) is 0 Å². The summed E-state index contributed by atoms with van der Waals surface area (Å²) in [7, 11) is 1.61. The molecule has 2 rings (SSSR count). The average Bonchev–Trinajstić information content (AvgIpc) is 2.71. The highest BCUT2D eigenvalue weighted by Crippen LogP contribution is 2.19. The lowest BCUT2D eigenvalue weighted by Crippen LogP contribution is -1.85. The zero-order chi connectivity index (χ0) is 9.10. The number of furan rings is 1. The van der Waals surface area contributed by atoms with Gasteiger partial charge in [-0.3, -0.25) is 0 Å². The standard InChI is InChI=1S/C10H9NO2/c1-12-8-4-5-9(11-7-8)10-3-2-6-13-10/h2-7H,1H3. The van der Waals surface area contributed by atoms with Crippen molar-refractivity contribution in [3.05, 3.63) is 36.7 Å². The second-order valence-corrected chi connectivity index (χ2v) is 2.56. The summed E-state index contributed by atoms with van der Waals surface area (Å²) >= 11 is 0. The van der Waals surface area contributed by atoms with Gasteiger partial charge in [0.05, 0.1) is 19.6 Å². The van der Waals surface area contributed by atoms with Crippen molar-refractivity contribution in [2.75, 3.05) is 7.11 Å². The molecule has 0 amide bonds. The molecule has 3 heteroatoms. The summed E-state index contributed by atoms with van der Waals surface area (Å²) in [6, 6.07) is 7.42. The largest absolute Gasteiger partial charge is 0.495 e. The van der Waals surface area contributed by atoms with Crippen LogP contribution in [0.4, 0.5) is 0 Å². The average molecular weight is 175 g/mol. The summed E-state index contributed by atoms with van der Waals surface area (Å²) in [5.74, 6) is 1.51. The van der Waals surface area contributed by atoms with Crippen LogP contribution in [0.5, 0.6) is 5.75 Å². The molecule has 0 aliphatic carbocycles. The highest BCUT2D eigenvalue weighted by atomic mass is 16.5. The van der Waals surface area contributed by atoms with Gasteiger partial charge in [-0.2, -0.15) is 0 Å². The van der Waals surface area contributed by atoms with Gasteiger partial charge in [0.1, 0.15) is 11.4 Å². The van der Waals surface area contributed by atoms with Crippen LogP contribution in [0, 0.1) is 0 Å². The first kappa shape index (κ1) is 7.86. The lowest BCUT2D eigenvalue weighted by Gasteiger charge is -1.99. The lowest BCUT2D eigenvalue weighted by molar-refractivity contribution is 0.413. The molecule has 0 unspecified atom stereocenters. The van der Waals surface area contributed by atoms with E-state index in [1.807, 2.05) is 24.3 Å². The molecule has 0 fully saturated rings. The minimum Gasteiger partial charge on any atom is -0.495 e. The van der Waals surface area contributed by atoms with Crippen LogP contribution in [-0.4, -0.2) is 12.1 Å². The van der Waals surface area contributed by atoms with E-state index in [0.717, 1.165) is 17.2 Å². The summed E-state index contributed by atoms with van der Waals surface area (Å²) in [4.78, 5) is 4.17. The Morgan fingerprint density at radius 1 is 1.31 bits per heavy atom. The molecule has 66 valence electrons. The van der Waals surface area contributed by atoms with Crippen LogP contribution in [0.15, 0.2) is 41.1 Å². The number of rotatable bonds is 2. The molecule has 0 saturated heterocycles. The van der Waals surface area contributed by atoms with Crippen molar-refractivity contribution in [3.8, 4) is 17.2 Å². The van der Waals surface area contributed by atoms with Crippen molar-refractivity contribution < 1.29 is 9.15 Å². The van der Waals surface area contributed by atoms with Gasteiger partial charge in [0.25, 0.3) is 0 Å². The van der Waals surface area contributed by atoms with Gasteiger partial charge >= 0.3 is 0 Å². The smallest absolute Gasteiger partial charge is 0.152 e. The molecule has 0 aliphatic rings. The van der Waals surface area contributed by atoms with E-state index in [9.17, 15) is 0 Å². The van der Waals surface area contributed by atoms with E-state index in [1.165, 1.54) is 0 Å². The summed E-state index contributed by atoms with van der Waals surface area (Å²) in [5, 5.41) is 0. The van der Waals surface area contributed by atoms with Gasteiger partial charge in [0.15, 0.2) is 5.76 Å². The monoisotopic (exact) mass is 175 g/mol. The van der Waals surface area contributed by atoms with Crippen LogP contribution >= 0.6 is 0 Å². The Bertz CT molecular complexity index is 364. The van der Waals surface area contributed by atoms with Crippen LogP contribution in [0.3, 0.4) is 0 Å². The maximum atomic E-state index is 5.19. The van der Waals surface area contributed by atoms with Crippen LogP contribution in [0.2, 0.25) is 0 Å². The molecule has 2 aromatic heterocycles. The fourth-order valence-electron chi connectivity index (χ4n) is 1.07. The Labute approximate surface area is 76.0 Å². The molecule has 2 heterocycles. The number of methoxy groups -OCH3 is 1. The molecule has 0 spiro atoms. The highest BCUT2D eigenvalue weighted by molar-refractivity contribution is 5.52. The van der Waals surface area contributed by atoms with Crippen molar-refractivity contribution in [3.63, 3.8) is 0 Å². The molecule has 0 N–H and O–H groups in total. The Hall–Kier alpha value is -1.77. The van der Waals surface area contributed by atoms with E-state index >= 15 is 0 Å². The fraction of sp³-hybridized carbons (Fsp3) is 0.100. The predicted octanol–water partition coefficient (Wildman–Crippen LogP) is 2.35. The van der Waals surface area contributed by atoms with Crippen molar-refractivity contribution >= 4 is 0 Å². The number of nitrogens with zero attached hydrogens (tertiary/aromatic N) is 1. The second-order valence-electron chi connectivity index (χ2n) is 2.56.